The number of benzene rings is 1. The minimum absolute atomic E-state index is 0.0756. The Balaban J connectivity index is 2.75. The predicted molar refractivity (Wildman–Crippen MR) is 61.3 cm³/mol. The number of hydrogen-bond acceptors (Lipinski definition) is 3. The lowest BCUT2D eigenvalue weighted by atomic mass is 10.1. The Kier molecular flexibility index (Phi) is 4.67. The number of hydrogen-bond donors (Lipinski definition) is 4. The highest BCUT2D eigenvalue weighted by atomic mass is 16.4. The van der Waals surface area contributed by atoms with Gasteiger partial charge in [-0.2, -0.15) is 0 Å². The zero-order valence-electron chi connectivity index (χ0n) is 9.29. The summed E-state index contributed by atoms with van der Waals surface area (Å²) < 4.78 is 0. The molecule has 0 saturated heterocycles. The van der Waals surface area contributed by atoms with E-state index in [-0.39, 0.29) is 6.42 Å². The molecule has 1 rings (SSSR count). The largest absolute Gasteiger partial charge is 0.465 e. The van der Waals surface area contributed by atoms with Crippen LogP contribution in [-0.4, -0.2) is 34.3 Å². The molecular formula is C11H12N2O5. The van der Waals surface area contributed by atoms with Gasteiger partial charge in [0.1, 0.15) is 6.04 Å². The zero-order chi connectivity index (χ0) is 13.5. The lowest BCUT2D eigenvalue weighted by molar-refractivity contribution is -0.122. The molecule has 4 N–H and O–H groups in total. The van der Waals surface area contributed by atoms with Crippen molar-refractivity contribution in [2.24, 2.45) is 0 Å². The first-order valence-corrected chi connectivity index (χ1v) is 5.06. The molecule has 0 saturated carbocycles. The van der Waals surface area contributed by atoms with Gasteiger partial charge in [-0.05, 0) is 5.56 Å². The average molecular weight is 252 g/mol. The van der Waals surface area contributed by atoms with Crippen LogP contribution in [0.5, 0.6) is 0 Å². The van der Waals surface area contributed by atoms with Gasteiger partial charge in [0.15, 0.2) is 0 Å². The van der Waals surface area contributed by atoms with Crippen molar-refractivity contribution < 1.29 is 24.6 Å². The molecule has 96 valence electrons. The van der Waals surface area contributed by atoms with Crippen LogP contribution >= 0.6 is 0 Å². The first kappa shape index (κ1) is 13.5. The van der Waals surface area contributed by atoms with Gasteiger partial charge in [-0.15, -0.1) is 0 Å². The average Bonchev–Trinajstić information content (AvgIpc) is 2.28. The second-order valence-electron chi connectivity index (χ2n) is 3.49. The van der Waals surface area contributed by atoms with E-state index in [0.29, 0.717) is 0 Å². The number of nitrogens with one attached hydrogen (secondary N) is 2. The van der Waals surface area contributed by atoms with Crippen LogP contribution in [0.4, 0.5) is 9.59 Å². The van der Waals surface area contributed by atoms with Crippen LogP contribution in [0.25, 0.3) is 0 Å². The molecule has 0 fully saturated rings. The SMILES string of the molecule is O=C(O)NC(=O)C(Cc1ccccc1)NC(=O)O. The molecule has 7 nitrogen and oxygen atoms in total. The molecule has 7 heteroatoms. The van der Waals surface area contributed by atoms with E-state index < -0.39 is 24.1 Å². The summed E-state index contributed by atoms with van der Waals surface area (Å²) in [5.41, 5.74) is 0.719. The first-order valence-electron chi connectivity index (χ1n) is 5.06. The van der Waals surface area contributed by atoms with E-state index in [1.807, 2.05) is 5.32 Å². The number of imide groups is 1. The molecule has 3 amide bonds. The van der Waals surface area contributed by atoms with E-state index in [4.69, 9.17) is 10.2 Å². The third-order valence-electron chi connectivity index (χ3n) is 2.13. The molecule has 1 aromatic rings. The molecule has 0 radical (unpaired) electrons. The molecule has 0 aliphatic carbocycles. The Bertz CT molecular complexity index is 446. The molecule has 0 aliphatic heterocycles. The highest BCUT2D eigenvalue weighted by molar-refractivity contribution is 5.95. The lowest BCUT2D eigenvalue weighted by Gasteiger charge is -2.15. The van der Waals surface area contributed by atoms with Gasteiger partial charge in [0.25, 0.3) is 5.91 Å². The molecule has 1 unspecified atom stereocenters. The summed E-state index contributed by atoms with van der Waals surface area (Å²) in [6, 6.07) is 7.53. The van der Waals surface area contributed by atoms with Crippen LogP contribution in [-0.2, 0) is 11.2 Å². The van der Waals surface area contributed by atoms with E-state index >= 15 is 0 Å². The van der Waals surface area contributed by atoms with E-state index in [0.717, 1.165) is 5.56 Å². The summed E-state index contributed by atoms with van der Waals surface area (Å²) in [5.74, 6) is -0.909. The van der Waals surface area contributed by atoms with Gasteiger partial charge in [-0.3, -0.25) is 10.1 Å². The minimum Gasteiger partial charge on any atom is -0.465 e. The van der Waals surface area contributed by atoms with E-state index in [1.165, 1.54) is 0 Å². The molecule has 1 atom stereocenters. The van der Waals surface area contributed by atoms with E-state index in [2.05, 4.69) is 0 Å². The van der Waals surface area contributed by atoms with Crippen molar-refractivity contribution >= 4 is 18.1 Å². The summed E-state index contributed by atoms with van der Waals surface area (Å²) >= 11 is 0. The van der Waals surface area contributed by atoms with Crippen molar-refractivity contribution in [3.05, 3.63) is 35.9 Å². The number of rotatable bonds is 4. The van der Waals surface area contributed by atoms with Crippen molar-refractivity contribution in [1.82, 2.24) is 10.6 Å². The molecule has 0 bridgehead atoms. The Hall–Kier alpha value is -2.57. The van der Waals surface area contributed by atoms with E-state index in [1.54, 1.807) is 35.6 Å². The van der Waals surface area contributed by atoms with Gasteiger partial charge in [0.2, 0.25) is 0 Å². The Labute approximate surface area is 102 Å². The smallest absolute Gasteiger partial charge is 0.411 e. The van der Waals surface area contributed by atoms with Gasteiger partial charge in [0, 0.05) is 6.42 Å². The van der Waals surface area contributed by atoms with Crippen LogP contribution in [0.3, 0.4) is 0 Å². The zero-order valence-corrected chi connectivity index (χ0v) is 9.29. The third-order valence-corrected chi connectivity index (χ3v) is 2.13. The summed E-state index contributed by atoms with van der Waals surface area (Å²) in [7, 11) is 0. The maximum absolute atomic E-state index is 11.5. The third kappa shape index (κ3) is 4.52. The lowest BCUT2D eigenvalue weighted by Crippen LogP contribution is -2.48. The number of carboxylic acid groups (broad SMARTS) is 2. The van der Waals surface area contributed by atoms with Gasteiger partial charge in [-0.25, -0.2) is 9.59 Å². The van der Waals surface area contributed by atoms with Gasteiger partial charge in [0.05, 0.1) is 0 Å². The van der Waals surface area contributed by atoms with Crippen molar-refractivity contribution in [3.63, 3.8) is 0 Å². The summed E-state index contributed by atoms with van der Waals surface area (Å²) in [5, 5.41) is 20.6. The number of carbonyl (C=O) groups excluding carboxylic acids is 1. The minimum atomic E-state index is -1.52. The molecule has 0 spiro atoms. The fourth-order valence-corrected chi connectivity index (χ4v) is 1.40. The maximum Gasteiger partial charge on any atom is 0.411 e. The van der Waals surface area contributed by atoms with Crippen molar-refractivity contribution in [1.29, 1.82) is 0 Å². The molecule has 1 aromatic carbocycles. The highest BCUT2D eigenvalue weighted by Crippen LogP contribution is 2.03. The van der Waals surface area contributed by atoms with Crippen LogP contribution in [0.2, 0.25) is 0 Å². The second kappa shape index (κ2) is 6.24. The van der Waals surface area contributed by atoms with Crippen molar-refractivity contribution in [2.75, 3.05) is 0 Å². The Morgan fingerprint density at radius 2 is 1.67 bits per heavy atom. The number of carbonyl (C=O) groups is 3. The molecule has 0 aliphatic rings. The summed E-state index contributed by atoms with van der Waals surface area (Å²) in [4.78, 5) is 32.4. The summed E-state index contributed by atoms with van der Waals surface area (Å²) in [6.07, 6.45) is -2.84. The highest BCUT2D eigenvalue weighted by Gasteiger charge is 2.22. The fraction of sp³-hybridized carbons (Fsp3) is 0.182. The first-order chi connectivity index (χ1) is 8.49. The molecule has 0 heterocycles. The van der Waals surface area contributed by atoms with Crippen molar-refractivity contribution in [2.45, 2.75) is 12.5 Å². The quantitative estimate of drug-likeness (QED) is 0.628. The van der Waals surface area contributed by atoms with Gasteiger partial charge < -0.3 is 15.5 Å². The van der Waals surface area contributed by atoms with Crippen molar-refractivity contribution in [3.8, 4) is 0 Å². The Morgan fingerprint density at radius 1 is 1.06 bits per heavy atom. The Morgan fingerprint density at radius 3 is 2.17 bits per heavy atom. The normalized spacial score (nSPS) is 11.3. The van der Waals surface area contributed by atoms with E-state index in [9.17, 15) is 14.4 Å². The van der Waals surface area contributed by atoms with Gasteiger partial charge >= 0.3 is 12.2 Å². The maximum atomic E-state index is 11.5. The molecule has 0 aromatic heterocycles. The molecule has 18 heavy (non-hydrogen) atoms. The van der Waals surface area contributed by atoms with Crippen LogP contribution in [0, 0.1) is 0 Å². The molecular weight excluding hydrogens is 240 g/mol. The van der Waals surface area contributed by atoms with Crippen LogP contribution < -0.4 is 10.6 Å². The standard InChI is InChI=1S/C11H12N2O5/c14-9(13-11(17)18)8(12-10(15)16)6-7-4-2-1-3-5-7/h1-5,8,12H,6H2,(H,13,14)(H,15,16)(H,17,18). The summed E-state index contributed by atoms with van der Waals surface area (Å²) in [6.45, 7) is 0. The van der Waals surface area contributed by atoms with Crippen LogP contribution in [0.15, 0.2) is 30.3 Å². The van der Waals surface area contributed by atoms with Gasteiger partial charge in [-0.1, -0.05) is 30.3 Å². The topological polar surface area (TPSA) is 116 Å². The second-order valence-corrected chi connectivity index (χ2v) is 3.49. The fourth-order valence-electron chi connectivity index (χ4n) is 1.40. The number of amides is 3. The van der Waals surface area contributed by atoms with Crippen LogP contribution in [0.1, 0.15) is 5.56 Å². The monoisotopic (exact) mass is 252 g/mol. The predicted octanol–water partition coefficient (Wildman–Crippen LogP) is 0.659.